The zero-order valence-corrected chi connectivity index (χ0v) is 11.2. The predicted octanol–water partition coefficient (Wildman–Crippen LogP) is 2.82. The number of hydrogen-bond acceptors (Lipinski definition) is 4. The minimum atomic E-state index is -0.646. The first-order chi connectivity index (χ1) is 10.2. The lowest BCUT2D eigenvalue weighted by molar-refractivity contribution is 0.102. The van der Waals surface area contributed by atoms with Crippen molar-refractivity contribution in [1.29, 1.82) is 0 Å². The number of ether oxygens (including phenoxy) is 3. The molecule has 0 atom stereocenters. The molecule has 5 nitrogen and oxygen atoms in total. The maximum atomic E-state index is 13.8. The summed E-state index contributed by atoms with van der Waals surface area (Å²) in [7, 11) is 1.43. The van der Waals surface area contributed by atoms with E-state index in [1.54, 1.807) is 18.2 Å². The van der Waals surface area contributed by atoms with Crippen molar-refractivity contribution in [2.45, 2.75) is 0 Å². The number of benzene rings is 2. The normalized spacial score (nSPS) is 12.1. The smallest absolute Gasteiger partial charge is 0.258 e. The third-order valence-corrected chi connectivity index (χ3v) is 3.05. The maximum Gasteiger partial charge on any atom is 0.258 e. The second kappa shape index (κ2) is 5.32. The Morgan fingerprint density at radius 2 is 2.00 bits per heavy atom. The van der Waals surface area contributed by atoms with Gasteiger partial charge in [0.25, 0.3) is 5.91 Å². The highest BCUT2D eigenvalue weighted by Crippen LogP contribution is 2.34. The average molecular weight is 289 g/mol. The Morgan fingerprint density at radius 1 is 1.19 bits per heavy atom. The Balaban J connectivity index is 1.80. The van der Waals surface area contributed by atoms with E-state index in [9.17, 15) is 9.18 Å². The first kappa shape index (κ1) is 13.2. The SMILES string of the molecule is COc1ccc(C(=O)Nc2ccc3c(c2)OCO3)c(F)c1. The lowest BCUT2D eigenvalue weighted by Crippen LogP contribution is -2.13. The van der Waals surface area contributed by atoms with E-state index in [0.29, 0.717) is 22.9 Å². The Morgan fingerprint density at radius 3 is 2.76 bits per heavy atom. The number of halogens is 1. The maximum absolute atomic E-state index is 13.8. The topological polar surface area (TPSA) is 56.8 Å². The van der Waals surface area contributed by atoms with Crippen LogP contribution < -0.4 is 19.5 Å². The number of fused-ring (bicyclic) bond motifs is 1. The molecule has 0 saturated carbocycles. The molecule has 1 heterocycles. The van der Waals surface area contributed by atoms with Gasteiger partial charge in [-0.3, -0.25) is 4.79 Å². The molecule has 21 heavy (non-hydrogen) atoms. The predicted molar refractivity (Wildman–Crippen MR) is 73.5 cm³/mol. The fourth-order valence-corrected chi connectivity index (χ4v) is 1.98. The van der Waals surface area contributed by atoms with Gasteiger partial charge in [-0.15, -0.1) is 0 Å². The monoisotopic (exact) mass is 289 g/mol. The quantitative estimate of drug-likeness (QED) is 0.944. The van der Waals surface area contributed by atoms with Crippen molar-refractivity contribution in [3.05, 3.63) is 47.8 Å². The third kappa shape index (κ3) is 2.60. The highest BCUT2D eigenvalue weighted by molar-refractivity contribution is 6.04. The molecule has 0 unspecified atom stereocenters. The lowest BCUT2D eigenvalue weighted by Gasteiger charge is -2.08. The minimum Gasteiger partial charge on any atom is -0.497 e. The van der Waals surface area contributed by atoms with Crippen LogP contribution in [0.25, 0.3) is 0 Å². The average Bonchev–Trinajstić information content (AvgIpc) is 2.94. The standard InChI is InChI=1S/C15H12FNO4/c1-19-10-3-4-11(12(16)7-10)15(18)17-9-2-5-13-14(6-9)21-8-20-13/h2-7H,8H2,1H3,(H,17,18). The molecule has 1 aliphatic rings. The van der Waals surface area contributed by atoms with Gasteiger partial charge in [0.05, 0.1) is 12.7 Å². The zero-order valence-electron chi connectivity index (χ0n) is 11.2. The van der Waals surface area contributed by atoms with Crippen LogP contribution in [0.1, 0.15) is 10.4 Å². The molecule has 6 heteroatoms. The summed E-state index contributed by atoms with van der Waals surface area (Å²) in [4.78, 5) is 12.1. The molecule has 108 valence electrons. The molecule has 0 bridgehead atoms. The van der Waals surface area contributed by atoms with Crippen molar-refractivity contribution in [3.63, 3.8) is 0 Å². The molecule has 0 saturated heterocycles. The number of amides is 1. The number of methoxy groups -OCH3 is 1. The summed E-state index contributed by atoms with van der Waals surface area (Å²) in [5.41, 5.74) is 0.438. The van der Waals surface area contributed by atoms with Crippen LogP contribution in [0.3, 0.4) is 0 Å². The molecule has 0 spiro atoms. The summed E-state index contributed by atoms with van der Waals surface area (Å²) in [5, 5.41) is 2.61. The Bertz CT molecular complexity index is 702. The lowest BCUT2D eigenvalue weighted by atomic mass is 10.2. The highest BCUT2D eigenvalue weighted by Gasteiger charge is 2.16. The number of hydrogen-bond donors (Lipinski definition) is 1. The molecule has 0 fully saturated rings. The third-order valence-electron chi connectivity index (χ3n) is 3.05. The van der Waals surface area contributed by atoms with Gasteiger partial charge in [0.15, 0.2) is 11.5 Å². The largest absolute Gasteiger partial charge is 0.497 e. The number of anilines is 1. The van der Waals surface area contributed by atoms with Crippen molar-refractivity contribution in [2.24, 2.45) is 0 Å². The Hall–Kier alpha value is -2.76. The Labute approximate surface area is 120 Å². The zero-order chi connectivity index (χ0) is 14.8. The molecule has 1 aliphatic heterocycles. The van der Waals surface area contributed by atoms with Crippen molar-refractivity contribution in [3.8, 4) is 17.2 Å². The van der Waals surface area contributed by atoms with Gasteiger partial charge < -0.3 is 19.5 Å². The summed E-state index contributed by atoms with van der Waals surface area (Å²) < 4.78 is 29.1. The van der Waals surface area contributed by atoms with E-state index in [-0.39, 0.29) is 12.4 Å². The van der Waals surface area contributed by atoms with E-state index >= 15 is 0 Å². The van der Waals surface area contributed by atoms with Crippen molar-refractivity contribution < 1.29 is 23.4 Å². The van der Waals surface area contributed by atoms with E-state index in [1.807, 2.05) is 0 Å². The molecule has 0 aliphatic carbocycles. The number of rotatable bonds is 3. The van der Waals surface area contributed by atoms with Crippen LogP contribution in [0.5, 0.6) is 17.2 Å². The molecule has 1 amide bonds. The summed E-state index contributed by atoms with van der Waals surface area (Å²) in [5.74, 6) is 0.320. The first-order valence-electron chi connectivity index (χ1n) is 6.22. The summed E-state index contributed by atoms with van der Waals surface area (Å²) in [6.45, 7) is 0.153. The number of carbonyl (C=O) groups excluding carboxylic acids is 1. The molecule has 0 radical (unpaired) electrons. The molecule has 2 aromatic carbocycles. The van der Waals surface area contributed by atoms with Gasteiger partial charge >= 0.3 is 0 Å². The molecule has 2 aromatic rings. The van der Waals surface area contributed by atoms with Gasteiger partial charge in [0.2, 0.25) is 6.79 Å². The van der Waals surface area contributed by atoms with E-state index in [2.05, 4.69) is 5.32 Å². The van der Waals surface area contributed by atoms with Crippen LogP contribution in [0.4, 0.5) is 10.1 Å². The Kier molecular flexibility index (Phi) is 3.35. The number of carbonyl (C=O) groups is 1. The van der Waals surface area contributed by atoms with Crippen LogP contribution in [0, 0.1) is 5.82 Å². The van der Waals surface area contributed by atoms with E-state index in [1.165, 1.54) is 19.2 Å². The van der Waals surface area contributed by atoms with E-state index in [4.69, 9.17) is 14.2 Å². The summed E-state index contributed by atoms with van der Waals surface area (Å²) in [6, 6.07) is 9.03. The van der Waals surface area contributed by atoms with Gasteiger partial charge in [0.1, 0.15) is 11.6 Å². The fraction of sp³-hybridized carbons (Fsp3) is 0.133. The van der Waals surface area contributed by atoms with Gasteiger partial charge in [-0.2, -0.15) is 0 Å². The number of nitrogens with one attached hydrogen (secondary N) is 1. The fourth-order valence-electron chi connectivity index (χ4n) is 1.98. The minimum absolute atomic E-state index is 0.0616. The molecule has 0 aromatic heterocycles. The van der Waals surface area contributed by atoms with Crippen molar-refractivity contribution in [2.75, 3.05) is 19.2 Å². The van der Waals surface area contributed by atoms with Crippen LogP contribution in [-0.2, 0) is 0 Å². The first-order valence-corrected chi connectivity index (χ1v) is 6.22. The van der Waals surface area contributed by atoms with Crippen LogP contribution >= 0.6 is 0 Å². The van der Waals surface area contributed by atoms with Crippen LogP contribution in [0.2, 0.25) is 0 Å². The van der Waals surface area contributed by atoms with Crippen molar-refractivity contribution >= 4 is 11.6 Å². The van der Waals surface area contributed by atoms with Gasteiger partial charge in [0, 0.05) is 17.8 Å². The van der Waals surface area contributed by atoms with Crippen molar-refractivity contribution in [1.82, 2.24) is 0 Å². The second-order valence-electron chi connectivity index (χ2n) is 4.37. The van der Waals surface area contributed by atoms with Crippen LogP contribution in [-0.4, -0.2) is 19.8 Å². The molecule has 1 N–H and O–H groups in total. The molecule has 3 rings (SSSR count). The van der Waals surface area contributed by atoms with Crippen LogP contribution in [0.15, 0.2) is 36.4 Å². The second-order valence-corrected chi connectivity index (χ2v) is 4.37. The van der Waals surface area contributed by atoms with E-state index in [0.717, 1.165) is 6.07 Å². The summed E-state index contributed by atoms with van der Waals surface area (Å²) >= 11 is 0. The van der Waals surface area contributed by atoms with Gasteiger partial charge in [-0.25, -0.2) is 4.39 Å². The van der Waals surface area contributed by atoms with Gasteiger partial charge in [-0.05, 0) is 24.3 Å². The highest BCUT2D eigenvalue weighted by atomic mass is 19.1. The van der Waals surface area contributed by atoms with Gasteiger partial charge in [-0.1, -0.05) is 0 Å². The molecular weight excluding hydrogens is 277 g/mol. The summed E-state index contributed by atoms with van der Waals surface area (Å²) in [6.07, 6.45) is 0. The van der Waals surface area contributed by atoms with E-state index < -0.39 is 11.7 Å². The molecular formula is C15H12FNO4.